The zero-order chi connectivity index (χ0) is 9.97. The largest absolute Gasteiger partial charge is 0.497 e. The van der Waals surface area contributed by atoms with Gasteiger partial charge in [0.15, 0.2) is 0 Å². The third kappa shape index (κ3) is 1.64. The van der Waals surface area contributed by atoms with Gasteiger partial charge >= 0.3 is 0 Å². The summed E-state index contributed by atoms with van der Waals surface area (Å²) < 4.78 is 10.6. The van der Waals surface area contributed by atoms with Crippen LogP contribution in [0.5, 0.6) is 5.75 Å². The summed E-state index contributed by atoms with van der Waals surface area (Å²) in [6.45, 7) is 1.94. The van der Waals surface area contributed by atoms with Crippen LogP contribution >= 0.6 is 0 Å². The minimum absolute atomic E-state index is 0.858. The summed E-state index contributed by atoms with van der Waals surface area (Å²) in [7, 11) is 1.66. The van der Waals surface area contributed by atoms with Gasteiger partial charge < -0.3 is 9.15 Å². The maximum Gasteiger partial charge on any atom is 0.134 e. The van der Waals surface area contributed by atoms with Gasteiger partial charge in [-0.15, -0.1) is 0 Å². The van der Waals surface area contributed by atoms with Crippen molar-refractivity contribution in [1.29, 1.82) is 0 Å². The van der Waals surface area contributed by atoms with E-state index in [4.69, 9.17) is 9.15 Å². The first-order chi connectivity index (χ1) is 6.79. The molecule has 2 aromatic rings. The minimum atomic E-state index is 0.858. The van der Waals surface area contributed by atoms with E-state index in [-0.39, 0.29) is 0 Å². The lowest BCUT2D eigenvalue weighted by molar-refractivity contribution is 0.415. The van der Waals surface area contributed by atoms with Gasteiger partial charge in [0.05, 0.1) is 7.11 Å². The lowest BCUT2D eigenvalue weighted by atomic mass is 10.2. The molecule has 72 valence electrons. The Morgan fingerprint density at radius 3 is 2.21 bits per heavy atom. The van der Waals surface area contributed by atoms with Crippen molar-refractivity contribution in [1.82, 2.24) is 0 Å². The fourth-order valence-electron chi connectivity index (χ4n) is 1.34. The second kappa shape index (κ2) is 3.58. The van der Waals surface area contributed by atoms with Crippen molar-refractivity contribution in [2.24, 2.45) is 0 Å². The third-order valence-electron chi connectivity index (χ3n) is 2.11. The molecule has 0 N–H and O–H groups in total. The SMILES string of the molecule is COc1ccc(-c2ccc(C)o2)cc1. The number of rotatable bonds is 2. The highest BCUT2D eigenvalue weighted by molar-refractivity contribution is 5.58. The molecule has 0 aliphatic heterocycles. The quantitative estimate of drug-likeness (QED) is 0.721. The van der Waals surface area contributed by atoms with Gasteiger partial charge in [-0.2, -0.15) is 0 Å². The highest BCUT2D eigenvalue weighted by atomic mass is 16.5. The van der Waals surface area contributed by atoms with Gasteiger partial charge in [0.2, 0.25) is 0 Å². The Morgan fingerprint density at radius 1 is 1.00 bits per heavy atom. The molecule has 0 radical (unpaired) electrons. The van der Waals surface area contributed by atoms with Crippen LogP contribution in [0, 0.1) is 6.92 Å². The van der Waals surface area contributed by atoms with Crippen LogP contribution < -0.4 is 4.74 Å². The molecule has 0 saturated carbocycles. The molecule has 1 aromatic carbocycles. The molecule has 0 spiro atoms. The molecule has 0 bridgehead atoms. The fraction of sp³-hybridized carbons (Fsp3) is 0.167. The minimum Gasteiger partial charge on any atom is -0.497 e. The molecule has 14 heavy (non-hydrogen) atoms. The number of benzene rings is 1. The van der Waals surface area contributed by atoms with Gasteiger partial charge in [0.1, 0.15) is 17.3 Å². The summed E-state index contributed by atoms with van der Waals surface area (Å²) in [6, 6.07) is 11.7. The Balaban J connectivity index is 2.33. The smallest absolute Gasteiger partial charge is 0.134 e. The van der Waals surface area contributed by atoms with E-state index in [0.29, 0.717) is 0 Å². The molecule has 0 fully saturated rings. The lowest BCUT2D eigenvalue weighted by Crippen LogP contribution is -1.81. The van der Waals surface area contributed by atoms with E-state index in [1.54, 1.807) is 7.11 Å². The Morgan fingerprint density at radius 2 is 1.71 bits per heavy atom. The van der Waals surface area contributed by atoms with E-state index in [0.717, 1.165) is 22.8 Å². The first kappa shape index (κ1) is 8.88. The Labute approximate surface area is 83.1 Å². The summed E-state index contributed by atoms with van der Waals surface area (Å²) in [6.07, 6.45) is 0. The molecule has 0 aliphatic carbocycles. The predicted octanol–water partition coefficient (Wildman–Crippen LogP) is 3.26. The van der Waals surface area contributed by atoms with E-state index < -0.39 is 0 Å². The third-order valence-corrected chi connectivity index (χ3v) is 2.11. The molecule has 2 rings (SSSR count). The van der Waals surface area contributed by atoms with E-state index in [9.17, 15) is 0 Å². The summed E-state index contributed by atoms with van der Waals surface area (Å²) in [5, 5.41) is 0. The number of ether oxygens (including phenoxy) is 1. The molecular weight excluding hydrogens is 176 g/mol. The van der Waals surface area contributed by atoms with Crippen molar-refractivity contribution >= 4 is 0 Å². The highest BCUT2D eigenvalue weighted by Crippen LogP contribution is 2.23. The Bertz CT molecular complexity index is 412. The number of aryl methyl sites for hydroxylation is 1. The van der Waals surface area contributed by atoms with Crippen molar-refractivity contribution in [3.05, 3.63) is 42.2 Å². The zero-order valence-electron chi connectivity index (χ0n) is 8.28. The van der Waals surface area contributed by atoms with Crippen molar-refractivity contribution in [2.75, 3.05) is 7.11 Å². The van der Waals surface area contributed by atoms with Crippen LogP contribution in [0.25, 0.3) is 11.3 Å². The van der Waals surface area contributed by atoms with Crippen LogP contribution in [0.15, 0.2) is 40.8 Å². The second-order valence-corrected chi connectivity index (χ2v) is 3.14. The topological polar surface area (TPSA) is 22.4 Å². The van der Waals surface area contributed by atoms with E-state index in [1.165, 1.54) is 0 Å². The normalized spacial score (nSPS) is 10.1. The number of methoxy groups -OCH3 is 1. The van der Waals surface area contributed by atoms with Crippen LogP contribution in [0.1, 0.15) is 5.76 Å². The number of hydrogen-bond acceptors (Lipinski definition) is 2. The molecule has 2 nitrogen and oxygen atoms in total. The average Bonchev–Trinajstić information content (AvgIpc) is 2.65. The average molecular weight is 188 g/mol. The second-order valence-electron chi connectivity index (χ2n) is 3.14. The fourth-order valence-corrected chi connectivity index (χ4v) is 1.34. The van der Waals surface area contributed by atoms with Gasteiger partial charge in [0, 0.05) is 5.56 Å². The summed E-state index contributed by atoms with van der Waals surface area (Å²) in [5.41, 5.74) is 1.07. The molecule has 1 aromatic heterocycles. The monoisotopic (exact) mass is 188 g/mol. The van der Waals surface area contributed by atoms with Crippen LogP contribution in [0.4, 0.5) is 0 Å². The zero-order valence-corrected chi connectivity index (χ0v) is 8.28. The maximum atomic E-state index is 5.50. The first-order valence-corrected chi connectivity index (χ1v) is 4.50. The van der Waals surface area contributed by atoms with Crippen LogP contribution in [-0.2, 0) is 0 Å². The van der Waals surface area contributed by atoms with E-state index in [2.05, 4.69) is 0 Å². The Hall–Kier alpha value is -1.70. The van der Waals surface area contributed by atoms with Crippen LogP contribution in [-0.4, -0.2) is 7.11 Å². The summed E-state index contributed by atoms with van der Waals surface area (Å²) in [4.78, 5) is 0. The lowest BCUT2D eigenvalue weighted by Gasteiger charge is -2.00. The van der Waals surface area contributed by atoms with Gasteiger partial charge in [-0.3, -0.25) is 0 Å². The summed E-state index contributed by atoms with van der Waals surface area (Å²) in [5.74, 6) is 2.68. The van der Waals surface area contributed by atoms with E-state index in [1.807, 2.05) is 43.3 Å². The number of furan rings is 1. The standard InChI is InChI=1S/C12H12O2/c1-9-3-8-12(14-9)10-4-6-11(13-2)7-5-10/h3-8H,1-2H3. The van der Waals surface area contributed by atoms with Gasteiger partial charge in [-0.25, -0.2) is 0 Å². The molecule has 2 heteroatoms. The summed E-state index contributed by atoms with van der Waals surface area (Å²) >= 11 is 0. The van der Waals surface area contributed by atoms with Crippen molar-refractivity contribution in [2.45, 2.75) is 6.92 Å². The van der Waals surface area contributed by atoms with Gasteiger partial charge in [-0.1, -0.05) is 0 Å². The number of hydrogen-bond donors (Lipinski definition) is 0. The van der Waals surface area contributed by atoms with Gasteiger partial charge in [0.25, 0.3) is 0 Å². The first-order valence-electron chi connectivity index (χ1n) is 4.50. The molecule has 0 aliphatic rings. The van der Waals surface area contributed by atoms with Crippen molar-refractivity contribution < 1.29 is 9.15 Å². The van der Waals surface area contributed by atoms with Crippen LogP contribution in [0.3, 0.4) is 0 Å². The molecule has 0 amide bonds. The predicted molar refractivity (Wildman–Crippen MR) is 55.4 cm³/mol. The molecule has 0 atom stereocenters. The molecular formula is C12H12O2. The van der Waals surface area contributed by atoms with Gasteiger partial charge in [-0.05, 0) is 43.3 Å². The molecule has 0 unspecified atom stereocenters. The molecule has 0 saturated heterocycles. The van der Waals surface area contributed by atoms with Crippen LogP contribution in [0.2, 0.25) is 0 Å². The Kier molecular flexibility index (Phi) is 2.27. The maximum absolute atomic E-state index is 5.50. The molecule has 1 heterocycles. The highest BCUT2D eigenvalue weighted by Gasteiger charge is 2.01. The van der Waals surface area contributed by atoms with E-state index >= 15 is 0 Å². The van der Waals surface area contributed by atoms with Crippen molar-refractivity contribution in [3.8, 4) is 17.1 Å². The van der Waals surface area contributed by atoms with Crippen molar-refractivity contribution in [3.63, 3.8) is 0 Å².